The van der Waals surface area contributed by atoms with Gasteiger partial charge in [0.1, 0.15) is 0 Å². The maximum Gasteiger partial charge on any atom is 0.232 e. The predicted molar refractivity (Wildman–Crippen MR) is 77.0 cm³/mol. The Morgan fingerprint density at radius 3 is 2.58 bits per heavy atom. The van der Waals surface area contributed by atoms with E-state index in [1.54, 1.807) is 7.11 Å². The Bertz CT molecular complexity index is 345. The van der Waals surface area contributed by atoms with Gasteiger partial charge in [-0.05, 0) is 44.4 Å². The van der Waals surface area contributed by atoms with Crippen molar-refractivity contribution in [3.05, 3.63) is 0 Å². The number of hydrogen-bond donors (Lipinski definition) is 0. The molecule has 0 N–H and O–H groups in total. The molecular formula is C13H25ClO4S. The number of halogens is 1. The molecule has 6 heteroatoms. The summed E-state index contributed by atoms with van der Waals surface area (Å²) in [5, 5.41) is 0. The van der Waals surface area contributed by atoms with Gasteiger partial charge < -0.3 is 9.47 Å². The number of ether oxygens (including phenoxy) is 2. The maximum atomic E-state index is 10.8. The summed E-state index contributed by atoms with van der Waals surface area (Å²) in [5.41, 5.74) is 0. The van der Waals surface area contributed by atoms with Crippen LogP contribution in [0.2, 0.25) is 0 Å². The van der Waals surface area contributed by atoms with Crippen molar-refractivity contribution in [2.45, 2.75) is 57.7 Å². The molecule has 1 aliphatic carbocycles. The van der Waals surface area contributed by atoms with Crippen molar-refractivity contribution in [2.24, 2.45) is 5.92 Å². The average Bonchev–Trinajstić information content (AvgIpc) is 2.36. The molecule has 3 atom stereocenters. The zero-order valence-electron chi connectivity index (χ0n) is 11.8. The molecule has 4 nitrogen and oxygen atoms in total. The Labute approximate surface area is 121 Å². The second kappa shape index (κ2) is 8.45. The molecule has 0 radical (unpaired) electrons. The molecule has 1 rings (SSSR count). The van der Waals surface area contributed by atoms with Gasteiger partial charge in [0.15, 0.2) is 0 Å². The fraction of sp³-hybridized carbons (Fsp3) is 1.00. The van der Waals surface area contributed by atoms with Crippen LogP contribution >= 0.6 is 10.7 Å². The minimum absolute atomic E-state index is 0.0465. The van der Waals surface area contributed by atoms with E-state index in [1.807, 2.05) is 6.92 Å². The number of methoxy groups -OCH3 is 1. The predicted octanol–water partition coefficient (Wildman–Crippen LogP) is 2.95. The molecular weight excluding hydrogens is 288 g/mol. The van der Waals surface area contributed by atoms with E-state index >= 15 is 0 Å². The molecule has 0 heterocycles. The fourth-order valence-corrected chi connectivity index (χ4v) is 3.34. The molecule has 1 fully saturated rings. The summed E-state index contributed by atoms with van der Waals surface area (Å²) in [5.74, 6) is 0.362. The molecule has 0 amide bonds. The van der Waals surface area contributed by atoms with Crippen LogP contribution in [-0.2, 0) is 18.5 Å². The molecule has 0 aromatic carbocycles. The Morgan fingerprint density at radius 2 is 1.95 bits per heavy atom. The molecule has 0 aromatic rings. The van der Waals surface area contributed by atoms with Gasteiger partial charge in [0.2, 0.25) is 9.05 Å². The lowest BCUT2D eigenvalue weighted by atomic mass is 9.95. The number of rotatable bonds is 8. The Morgan fingerprint density at radius 1 is 1.26 bits per heavy atom. The summed E-state index contributed by atoms with van der Waals surface area (Å²) in [7, 11) is 3.58. The third-order valence-corrected chi connectivity index (χ3v) is 4.92. The second-order valence-corrected chi connectivity index (χ2v) is 8.34. The SMILES string of the molecule is COC1CCCC(OCCC(C)CCS(=O)(=O)Cl)C1. The lowest BCUT2D eigenvalue weighted by Gasteiger charge is -2.28. The van der Waals surface area contributed by atoms with Gasteiger partial charge in [-0.25, -0.2) is 8.42 Å². The van der Waals surface area contributed by atoms with E-state index < -0.39 is 9.05 Å². The van der Waals surface area contributed by atoms with Crippen molar-refractivity contribution in [1.29, 1.82) is 0 Å². The smallest absolute Gasteiger partial charge is 0.232 e. The van der Waals surface area contributed by atoms with Crippen molar-refractivity contribution in [2.75, 3.05) is 19.5 Å². The highest BCUT2D eigenvalue weighted by molar-refractivity contribution is 8.13. The topological polar surface area (TPSA) is 52.6 Å². The van der Waals surface area contributed by atoms with E-state index in [-0.39, 0.29) is 5.75 Å². The first kappa shape index (κ1) is 17.2. The van der Waals surface area contributed by atoms with Crippen LogP contribution in [-0.4, -0.2) is 40.1 Å². The van der Waals surface area contributed by atoms with Crippen LogP contribution in [0.25, 0.3) is 0 Å². The second-order valence-electron chi connectivity index (χ2n) is 5.44. The Balaban J connectivity index is 2.12. The van der Waals surface area contributed by atoms with Gasteiger partial charge in [-0.1, -0.05) is 6.92 Å². The van der Waals surface area contributed by atoms with Crippen LogP contribution in [0.3, 0.4) is 0 Å². The van der Waals surface area contributed by atoms with E-state index in [0.29, 0.717) is 31.2 Å². The van der Waals surface area contributed by atoms with Gasteiger partial charge in [-0.15, -0.1) is 0 Å². The van der Waals surface area contributed by atoms with Crippen LogP contribution < -0.4 is 0 Å². The number of hydrogen-bond acceptors (Lipinski definition) is 4. The van der Waals surface area contributed by atoms with Crippen molar-refractivity contribution in [1.82, 2.24) is 0 Å². The van der Waals surface area contributed by atoms with E-state index in [1.165, 1.54) is 0 Å². The van der Waals surface area contributed by atoms with Crippen LogP contribution in [0.15, 0.2) is 0 Å². The van der Waals surface area contributed by atoms with Crippen molar-refractivity contribution >= 4 is 19.7 Å². The first-order valence-electron chi connectivity index (χ1n) is 6.97. The lowest BCUT2D eigenvalue weighted by molar-refractivity contribution is -0.0322. The molecule has 0 bridgehead atoms. The van der Waals surface area contributed by atoms with Gasteiger partial charge in [0.05, 0.1) is 18.0 Å². The Kier molecular flexibility index (Phi) is 7.65. The first-order chi connectivity index (χ1) is 8.90. The van der Waals surface area contributed by atoms with Gasteiger partial charge in [-0.3, -0.25) is 0 Å². The van der Waals surface area contributed by atoms with Gasteiger partial charge in [-0.2, -0.15) is 0 Å². The highest BCUT2D eigenvalue weighted by Crippen LogP contribution is 2.23. The molecule has 0 aromatic heterocycles. The minimum Gasteiger partial charge on any atom is -0.381 e. The Hall–Kier alpha value is 0.160. The molecule has 0 saturated heterocycles. The van der Waals surface area contributed by atoms with Crippen molar-refractivity contribution in [3.8, 4) is 0 Å². The normalized spacial score (nSPS) is 26.3. The summed E-state index contributed by atoms with van der Waals surface area (Å²) in [6.07, 6.45) is 6.45. The van der Waals surface area contributed by atoms with Crippen LogP contribution in [0, 0.1) is 5.92 Å². The standard InChI is InChI=1S/C13H25ClO4S/c1-11(7-9-19(14,15)16)6-8-18-13-5-3-4-12(10-13)17-2/h11-13H,3-10H2,1-2H3. The zero-order chi connectivity index (χ0) is 14.3. The lowest BCUT2D eigenvalue weighted by Crippen LogP contribution is -2.28. The molecule has 19 heavy (non-hydrogen) atoms. The molecule has 114 valence electrons. The van der Waals surface area contributed by atoms with Gasteiger partial charge in [0, 0.05) is 24.4 Å². The molecule has 1 saturated carbocycles. The quantitative estimate of drug-likeness (QED) is 0.647. The highest BCUT2D eigenvalue weighted by atomic mass is 35.7. The minimum atomic E-state index is -3.36. The van der Waals surface area contributed by atoms with Crippen LogP contribution in [0.4, 0.5) is 0 Å². The monoisotopic (exact) mass is 312 g/mol. The van der Waals surface area contributed by atoms with Gasteiger partial charge >= 0.3 is 0 Å². The largest absolute Gasteiger partial charge is 0.381 e. The van der Waals surface area contributed by atoms with E-state index in [2.05, 4.69) is 0 Å². The summed E-state index contributed by atoms with van der Waals surface area (Å²) in [6.45, 7) is 2.72. The van der Waals surface area contributed by atoms with Crippen molar-refractivity contribution in [3.63, 3.8) is 0 Å². The third kappa shape index (κ3) is 8.12. The average molecular weight is 313 g/mol. The summed E-state index contributed by atoms with van der Waals surface area (Å²) in [4.78, 5) is 0. The first-order valence-corrected chi connectivity index (χ1v) is 9.45. The van der Waals surface area contributed by atoms with Crippen LogP contribution in [0.5, 0.6) is 0 Å². The van der Waals surface area contributed by atoms with E-state index in [9.17, 15) is 8.42 Å². The van der Waals surface area contributed by atoms with Gasteiger partial charge in [0.25, 0.3) is 0 Å². The summed E-state index contributed by atoms with van der Waals surface area (Å²) in [6, 6.07) is 0. The molecule has 0 spiro atoms. The molecule has 3 unspecified atom stereocenters. The fourth-order valence-electron chi connectivity index (χ4n) is 2.39. The molecule has 0 aliphatic heterocycles. The van der Waals surface area contributed by atoms with Crippen LogP contribution in [0.1, 0.15) is 45.4 Å². The summed E-state index contributed by atoms with van der Waals surface area (Å²) < 4.78 is 32.9. The van der Waals surface area contributed by atoms with E-state index in [4.69, 9.17) is 20.2 Å². The highest BCUT2D eigenvalue weighted by Gasteiger charge is 2.22. The van der Waals surface area contributed by atoms with Crippen molar-refractivity contribution < 1.29 is 17.9 Å². The van der Waals surface area contributed by atoms with E-state index in [0.717, 1.165) is 32.1 Å². The third-order valence-electron chi connectivity index (χ3n) is 3.73. The zero-order valence-corrected chi connectivity index (χ0v) is 13.4. The summed E-state index contributed by atoms with van der Waals surface area (Å²) >= 11 is 0. The molecule has 1 aliphatic rings. The maximum absolute atomic E-state index is 10.8.